The molecule has 0 atom stereocenters. The maximum atomic E-state index is 8.98. The summed E-state index contributed by atoms with van der Waals surface area (Å²) < 4.78 is 5.69. The molecule has 1 saturated heterocycles. The molecule has 20 heavy (non-hydrogen) atoms. The van der Waals surface area contributed by atoms with Crippen molar-refractivity contribution in [2.45, 2.75) is 32.6 Å². The Bertz CT molecular complexity index is 445. The smallest absolute Gasteiger partial charge is 0.137 e. The summed E-state index contributed by atoms with van der Waals surface area (Å²) in [5.74, 6) is 1.61. The highest BCUT2D eigenvalue weighted by Gasteiger charge is 2.14. The van der Waals surface area contributed by atoms with Gasteiger partial charge in [-0.2, -0.15) is 5.26 Å². The molecule has 108 valence electrons. The number of nitrogens with zero attached hydrogens (tertiary/aromatic N) is 2. The van der Waals surface area contributed by atoms with Crippen LogP contribution in [0.4, 0.5) is 0 Å². The molecule has 1 aromatic rings. The maximum Gasteiger partial charge on any atom is 0.137 e. The second kappa shape index (κ2) is 7.91. The fourth-order valence-corrected chi connectivity index (χ4v) is 2.59. The summed E-state index contributed by atoms with van der Waals surface area (Å²) in [6, 6.07) is 9.59. The second-order valence-electron chi connectivity index (χ2n) is 5.69. The second-order valence-corrected chi connectivity index (χ2v) is 5.69. The van der Waals surface area contributed by atoms with Crippen molar-refractivity contribution in [2.24, 2.45) is 5.92 Å². The molecule has 0 radical (unpaired) electrons. The van der Waals surface area contributed by atoms with E-state index in [1.54, 1.807) is 6.07 Å². The molecule has 0 saturated carbocycles. The molecule has 1 aliphatic rings. The predicted octanol–water partition coefficient (Wildman–Crippen LogP) is 3.45. The third-order valence-electron chi connectivity index (χ3n) is 4.01. The quantitative estimate of drug-likeness (QED) is 0.744. The fraction of sp³-hybridized carbons (Fsp3) is 0.588. The first-order chi connectivity index (χ1) is 9.79. The molecule has 0 N–H and O–H groups in total. The van der Waals surface area contributed by atoms with Gasteiger partial charge in [0, 0.05) is 0 Å². The highest BCUT2D eigenvalue weighted by Crippen LogP contribution is 2.18. The van der Waals surface area contributed by atoms with Crippen molar-refractivity contribution in [3.63, 3.8) is 0 Å². The van der Waals surface area contributed by atoms with E-state index < -0.39 is 0 Å². The Morgan fingerprint density at radius 3 is 2.75 bits per heavy atom. The molecule has 2 rings (SSSR count). The summed E-state index contributed by atoms with van der Waals surface area (Å²) in [4.78, 5) is 2.56. The Labute approximate surface area is 122 Å². The lowest BCUT2D eigenvalue weighted by Crippen LogP contribution is -2.33. The molecule has 3 heteroatoms. The zero-order chi connectivity index (χ0) is 14.2. The van der Waals surface area contributed by atoms with E-state index in [0.29, 0.717) is 17.9 Å². The van der Waals surface area contributed by atoms with E-state index in [0.717, 1.165) is 12.3 Å². The number of benzene rings is 1. The summed E-state index contributed by atoms with van der Waals surface area (Å²) in [6.45, 7) is 6.72. The largest absolute Gasteiger partial charge is 0.492 e. The molecule has 0 amide bonds. The lowest BCUT2D eigenvalue weighted by molar-refractivity contribution is 0.185. The van der Waals surface area contributed by atoms with E-state index in [-0.39, 0.29) is 0 Å². The van der Waals surface area contributed by atoms with Crippen LogP contribution in [0.5, 0.6) is 5.75 Å². The van der Waals surface area contributed by atoms with E-state index in [4.69, 9.17) is 10.00 Å². The van der Waals surface area contributed by atoms with Crippen LogP contribution in [0.3, 0.4) is 0 Å². The van der Waals surface area contributed by atoms with Crippen LogP contribution in [0.1, 0.15) is 38.2 Å². The zero-order valence-corrected chi connectivity index (χ0v) is 12.3. The monoisotopic (exact) mass is 272 g/mol. The Morgan fingerprint density at radius 2 is 2.00 bits per heavy atom. The minimum Gasteiger partial charge on any atom is -0.492 e. The number of hydrogen-bond donors (Lipinski definition) is 0. The van der Waals surface area contributed by atoms with Crippen LogP contribution in [-0.2, 0) is 0 Å². The molecule has 1 heterocycles. The van der Waals surface area contributed by atoms with E-state index in [2.05, 4.69) is 17.9 Å². The summed E-state index contributed by atoms with van der Waals surface area (Å²) in [5.41, 5.74) is 0.623. The highest BCUT2D eigenvalue weighted by molar-refractivity contribution is 5.42. The number of likely N-dealkylation sites (tertiary alicyclic amines) is 1. The molecule has 1 aliphatic heterocycles. The van der Waals surface area contributed by atoms with Crippen molar-refractivity contribution in [1.29, 1.82) is 5.26 Å². The van der Waals surface area contributed by atoms with Gasteiger partial charge < -0.3 is 9.64 Å². The lowest BCUT2D eigenvalue weighted by atomic mass is 9.99. The molecule has 0 spiro atoms. The van der Waals surface area contributed by atoms with E-state index >= 15 is 0 Å². The number of ether oxygens (including phenoxy) is 1. The Hall–Kier alpha value is -1.53. The Kier molecular flexibility index (Phi) is 5.88. The molecule has 1 aromatic carbocycles. The summed E-state index contributed by atoms with van der Waals surface area (Å²) in [5, 5.41) is 8.98. The van der Waals surface area contributed by atoms with Crippen molar-refractivity contribution in [3.8, 4) is 11.8 Å². The third-order valence-corrected chi connectivity index (χ3v) is 4.01. The molecule has 0 bridgehead atoms. The zero-order valence-electron chi connectivity index (χ0n) is 12.3. The van der Waals surface area contributed by atoms with Gasteiger partial charge in [0.1, 0.15) is 11.8 Å². The molecule has 3 nitrogen and oxygen atoms in total. The van der Waals surface area contributed by atoms with Crippen LogP contribution in [-0.4, -0.2) is 31.1 Å². The van der Waals surface area contributed by atoms with Crippen LogP contribution < -0.4 is 4.74 Å². The van der Waals surface area contributed by atoms with Crippen LogP contribution >= 0.6 is 0 Å². The number of piperidine rings is 1. The Morgan fingerprint density at radius 1 is 1.25 bits per heavy atom. The lowest BCUT2D eigenvalue weighted by Gasteiger charge is -2.30. The first kappa shape index (κ1) is 14.9. The molecule has 0 aliphatic carbocycles. The van der Waals surface area contributed by atoms with Gasteiger partial charge in [0.15, 0.2) is 0 Å². The van der Waals surface area contributed by atoms with Crippen LogP contribution in [0, 0.1) is 17.2 Å². The molecule has 0 aromatic heterocycles. The van der Waals surface area contributed by atoms with Crippen molar-refractivity contribution in [2.75, 3.05) is 26.2 Å². The van der Waals surface area contributed by atoms with Gasteiger partial charge in [-0.1, -0.05) is 19.1 Å². The summed E-state index contributed by atoms with van der Waals surface area (Å²) in [7, 11) is 0. The van der Waals surface area contributed by atoms with Crippen LogP contribution in [0.2, 0.25) is 0 Å². The van der Waals surface area contributed by atoms with Crippen molar-refractivity contribution in [1.82, 2.24) is 4.90 Å². The van der Waals surface area contributed by atoms with E-state index in [1.807, 2.05) is 18.2 Å². The average Bonchev–Trinajstić information content (AvgIpc) is 2.49. The number of hydrogen-bond acceptors (Lipinski definition) is 3. The van der Waals surface area contributed by atoms with Crippen LogP contribution in [0.15, 0.2) is 24.3 Å². The maximum absolute atomic E-state index is 8.98. The Balaban J connectivity index is 1.61. The minimum absolute atomic E-state index is 0.623. The van der Waals surface area contributed by atoms with Crippen molar-refractivity contribution in [3.05, 3.63) is 29.8 Å². The normalized spacial score (nSPS) is 16.8. The first-order valence-corrected chi connectivity index (χ1v) is 7.64. The highest BCUT2D eigenvalue weighted by atomic mass is 16.5. The number of rotatable bonds is 6. The number of unbranched alkanes of at least 4 members (excludes halogenated alkanes) is 1. The SMILES string of the molecule is CC1CCN(CCCCOc2ccccc2C#N)CC1. The standard InChI is InChI=1S/C17H24N2O/c1-15-8-11-19(12-9-15)10-4-5-13-20-17-7-3-2-6-16(17)14-18/h2-3,6-7,15H,4-5,8-13H2,1H3. The summed E-state index contributed by atoms with van der Waals surface area (Å²) >= 11 is 0. The van der Waals surface area contributed by atoms with E-state index in [1.165, 1.54) is 38.9 Å². The first-order valence-electron chi connectivity index (χ1n) is 7.64. The molecule has 1 fully saturated rings. The number of nitriles is 1. The minimum atomic E-state index is 0.623. The van der Waals surface area contributed by atoms with Gasteiger partial charge in [0.2, 0.25) is 0 Å². The third kappa shape index (κ3) is 4.54. The number of para-hydroxylation sites is 1. The predicted molar refractivity (Wildman–Crippen MR) is 80.7 cm³/mol. The van der Waals surface area contributed by atoms with Gasteiger partial charge in [-0.3, -0.25) is 0 Å². The average molecular weight is 272 g/mol. The van der Waals surface area contributed by atoms with Crippen molar-refractivity contribution < 1.29 is 4.74 Å². The van der Waals surface area contributed by atoms with Gasteiger partial charge in [0.05, 0.1) is 12.2 Å². The van der Waals surface area contributed by atoms with Gasteiger partial charge >= 0.3 is 0 Å². The topological polar surface area (TPSA) is 36.3 Å². The van der Waals surface area contributed by atoms with Gasteiger partial charge in [0.25, 0.3) is 0 Å². The van der Waals surface area contributed by atoms with Gasteiger partial charge in [-0.15, -0.1) is 0 Å². The molecular weight excluding hydrogens is 248 g/mol. The fourth-order valence-electron chi connectivity index (χ4n) is 2.59. The van der Waals surface area contributed by atoms with E-state index in [9.17, 15) is 0 Å². The van der Waals surface area contributed by atoms with Crippen LogP contribution in [0.25, 0.3) is 0 Å². The van der Waals surface area contributed by atoms with Gasteiger partial charge in [-0.05, 0) is 63.4 Å². The summed E-state index contributed by atoms with van der Waals surface area (Å²) in [6.07, 6.45) is 4.90. The molecular formula is C17H24N2O. The molecule has 0 unspecified atom stereocenters. The van der Waals surface area contributed by atoms with Gasteiger partial charge in [-0.25, -0.2) is 0 Å². The van der Waals surface area contributed by atoms with Crippen molar-refractivity contribution >= 4 is 0 Å².